The lowest BCUT2D eigenvalue weighted by Crippen LogP contribution is -2.35. The van der Waals surface area contributed by atoms with E-state index in [1.807, 2.05) is 30.3 Å². The molecule has 0 atom stereocenters. The maximum atomic E-state index is 12.7. The molecule has 0 saturated heterocycles. The summed E-state index contributed by atoms with van der Waals surface area (Å²) in [6.07, 6.45) is 4.07. The van der Waals surface area contributed by atoms with E-state index in [0.29, 0.717) is 23.1 Å². The van der Waals surface area contributed by atoms with Gasteiger partial charge in [0.15, 0.2) is 0 Å². The van der Waals surface area contributed by atoms with E-state index in [2.05, 4.69) is 20.9 Å². The number of halogens is 1. The molecule has 0 saturated carbocycles. The van der Waals surface area contributed by atoms with Crippen molar-refractivity contribution in [1.29, 1.82) is 0 Å². The summed E-state index contributed by atoms with van der Waals surface area (Å²) in [5, 5.41) is 10.1. The maximum absolute atomic E-state index is 12.7. The van der Waals surface area contributed by atoms with Crippen LogP contribution in [0.1, 0.15) is 21.6 Å². The van der Waals surface area contributed by atoms with E-state index in [1.165, 1.54) is 27.9 Å². The molecule has 1 aromatic carbocycles. The molecule has 25 heavy (non-hydrogen) atoms. The van der Waals surface area contributed by atoms with Crippen LogP contribution in [-0.4, -0.2) is 25.3 Å². The molecule has 2 heterocycles. The molecule has 3 N–H and O–H groups in total. The summed E-state index contributed by atoms with van der Waals surface area (Å²) in [6, 6.07) is 11.1. The van der Waals surface area contributed by atoms with Gasteiger partial charge in [-0.3, -0.25) is 9.59 Å². The van der Waals surface area contributed by atoms with Crippen molar-refractivity contribution < 1.29 is 9.90 Å². The molecule has 2 aromatic heterocycles. The van der Waals surface area contributed by atoms with E-state index < -0.39 is 22.8 Å². The van der Waals surface area contributed by atoms with E-state index in [1.54, 1.807) is 0 Å². The molecule has 128 valence electrons. The van der Waals surface area contributed by atoms with Gasteiger partial charge in [0.1, 0.15) is 22.2 Å². The number of carbonyl (C=O) groups excluding carboxylic acids is 1. The Kier molecular flexibility index (Phi) is 4.71. The van der Waals surface area contributed by atoms with E-state index in [0.717, 1.165) is 5.56 Å². The number of carbonyl (C=O) groups is 1. The highest BCUT2D eigenvalue weighted by molar-refractivity contribution is 9.10. The van der Waals surface area contributed by atoms with Crippen molar-refractivity contribution in [2.45, 2.75) is 12.8 Å². The Labute approximate surface area is 151 Å². The molecule has 0 aliphatic rings. The number of pyridine rings is 1. The minimum absolute atomic E-state index is 0.423. The van der Waals surface area contributed by atoms with Crippen LogP contribution in [0.3, 0.4) is 0 Å². The van der Waals surface area contributed by atoms with Crippen molar-refractivity contribution >= 4 is 21.8 Å². The number of imidazole rings is 1. The van der Waals surface area contributed by atoms with E-state index in [4.69, 9.17) is 5.73 Å². The fourth-order valence-electron chi connectivity index (χ4n) is 2.62. The highest BCUT2D eigenvalue weighted by Crippen LogP contribution is 2.18. The first-order valence-electron chi connectivity index (χ1n) is 7.49. The predicted molar refractivity (Wildman–Crippen MR) is 95.5 cm³/mol. The van der Waals surface area contributed by atoms with Crippen LogP contribution in [0.5, 0.6) is 5.75 Å². The normalized spacial score (nSPS) is 10.8. The van der Waals surface area contributed by atoms with E-state index in [-0.39, 0.29) is 0 Å². The van der Waals surface area contributed by atoms with Gasteiger partial charge in [0.2, 0.25) is 0 Å². The summed E-state index contributed by atoms with van der Waals surface area (Å²) >= 11 is 3.31. The zero-order chi connectivity index (χ0) is 18.0. The second-order valence-corrected chi connectivity index (χ2v) is 6.24. The summed E-state index contributed by atoms with van der Waals surface area (Å²) in [5.41, 5.74) is 5.70. The van der Waals surface area contributed by atoms with E-state index in [9.17, 15) is 14.7 Å². The Morgan fingerprint density at radius 2 is 1.96 bits per heavy atom. The van der Waals surface area contributed by atoms with Crippen LogP contribution in [0.4, 0.5) is 0 Å². The number of aryl methyl sites for hydroxylation is 2. The zero-order valence-corrected chi connectivity index (χ0v) is 14.7. The Morgan fingerprint density at radius 1 is 1.24 bits per heavy atom. The Morgan fingerprint density at radius 3 is 2.56 bits per heavy atom. The first kappa shape index (κ1) is 17.0. The third kappa shape index (κ3) is 3.34. The first-order valence-corrected chi connectivity index (χ1v) is 8.28. The number of aromatic nitrogens is 3. The molecule has 3 rings (SSSR count). The molecule has 7 nitrogen and oxygen atoms in total. The lowest BCUT2D eigenvalue weighted by molar-refractivity contribution is 0.0995. The van der Waals surface area contributed by atoms with Gasteiger partial charge in [-0.1, -0.05) is 30.3 Å². The van der Waals surface area contributed by atoms with Gasteiger partial charge in [-0.2, -0.15) is 0 Å². The first-order chi connectivity index (χ1) is 12.0. The largest absolute Gasteiger partial charge is 0.507 e. The van der Waals surface area contributed by atoms with Crippen LogP contribution in [0.25, 0.3) is 0 Å². The van der Waals surface area contributed by atoms with E-state index >= 15 is 0 Å². The van der Waals surface area contributed by atoms with Crippen LogP contribution in [0.2, 0.25) is 0 Å². The van der Waals surface area contributed by atoms with Crippen molar-refractivity contribution in [2.75, 3.05) is 0 Å². The lowest BCUT2D eigenvalue weighted by atomic mass is 10.1. The van der Waals surface area contributed by atoms with Gasteiger partial charge in [0.25, 0.3) is 11.5 Å². The number of amides is 1. The van der Waals surface area contributed by atoms with Crippen molar-refractivity contribution in [2.24, 2.45) is 5.73 Å². The molecule has 0 aliphatic heterocycles. The van der Waals surface area contributed by atoms with Gasteiger partial charge in [-0.05, 0) is 34.3 Å². The number of primary amides is 1. The van der Waals surface area contributed by atoms with Crippen molar-refractivity contribution in [3.63, 3.8) is 0 Å². The second kappa shape index (κ2) is 6.94. The number of nitrogens with zero attached hydrogens (tertiary/aromatic N) is 3. The molecule has 1 amide bonds. The summed E-state index contributed by atoms with van der Waals surface area (Å²) in [7, 11) is 0. The summed E-state index contributed by atoms with van der Waals surface area (Å²) < 4.78 is 3.26. The number of aromatic hydroxyl groups is 1. The topological polar surface area (TPSA) is 103 Å². The van der Waals surface area contributed by atoms with Gasteiger partial charge < -0.3 is 10.8 Å². The minimum atomic E-state index is -0.984. The molecule has 0 spiro atoms. The third-order valence-electron chi connectivity index (χ3n) is 3.79. The minimum Gasteiger partial charge on any atom is -0.507 e. The number of rotatable bonds is 5. The van der Waals surface area contributed by atoms with Crippen LogP contribution in [0.15, 0.2) is 58.3 Å². The molecule has 0 aliphatic carbocycles. The monoisotopic (exact) mass is 402 g/mol. The SMILES string of the molecule is NC(=O)c1c(O)cc(CCc2ccccc2)n(-n2cncc2Br)c1=O. The molecule has 0 bridgehead atoms. The van der Waals surface area contributed by atoms with Gasteiger partial charge in [0.05, 0.1) is 6.20 Å². The lowest BCUT2D eigenvalue weighted by Gasteiger charge is -2.16. The number of benzene rings is 1. The molecular formula is C17H15BrN4O3. The highest BCUT2D eigenvalue weighted by atomic mass is 79.9. The molecule has 0 unspecified atom stereocenters. The number of hydrogen-bond donors (Lipinski definition) is 2. The average Bonchev–Trinajstić information content (AvgIpc) is 2.99. The predicted octanol–water partition coefficient (Wildman–Crippen LogP) is 1.71. The fraction of sp³-hybridized carbons (Fsp3) is 0.118. The van der Waals surface area contributed by atoms with Gasteiger partial charge >= 0.3 is 0 Å². The van der Waals surface area contributed by atoms with Gasteiger partial charge in [-0.15, -0.1) is 0 Å². The zero-order valence-electron chi connectivity index (χ0n) is 13.1. The number of nitrogens with two attached hydrogens (primary N) is 1. The smallest absolute Gasteiger partial charge is 0.286 e. The standard InChI is InChI=1S/C17H15BrN4O3/c18-14-9-20-10-21(14)22-12(7-6-11-4-2-1-3-5-11)8-13(23)15(16(19)24)17(22)25/h1-5,8-10,23H,6-7H2,(H2,19,24). The summed E-state index contributed by atoms with van der Waals surface area (Å²) in [4.78, 5) is 28.3. The number of hydrogen-bond acceptors (Lipinski definition) is 4. The Balaban J connectivity index is 2.12. The quantitative estimate of drug-likeness (QED) is 0.677. The molecule has 0 fully saturated rings. The van der Waals surface area contributed by atoms with Crippen LogP contribution in [-0.2, 0) is 12.8 Å². The third-order valence-corrected chi connectivity index (χ3v) is 4.36. The van der Waals surface area contributed by atoms with Crippen LogP contribution in [0, 0.1) is 0 Å². The molecular weight excluding hydrogens is 388 g/mol. The van der Waals surface area contributed by atoms with Crippen LogP contribution >= 0.6 is 15.9 Å². The Hall–Kier alpha value is -2.87. The van der Waals surface area contributed by atoms with Crippen molar-refractivity contribution in [3.05, 3.63) is 80.7 Å². The maximum Gasteiger partial charge on any atom is 0.286 e. The Bertz CT molecular complexity index is 979. The van der Waals surface area contributed by atoms with Crippen LogP contribution < -0.4 is 11.3 Å². The average molecular weight is 403 g/mol. The molecule has 3 aromatic rings. The highest BCUT2D eigenvalue weighted by Gasteiger charge is 2.20. The summed E-state index contributed by atoms with van der Waals surface area (Å²) in [5.74, 6) is -1.41. The van der Waals surface area contributed by atoms with Gasteiger partial charge in [-0.25, -0.2) is 14.3 Å². The van der Waals surface area contributed by atoms with Crippen molar-refractivity contribution in [1.82, 2.24) is 14.3 Å². The molecule has 8 heteroatoms. The van der Waals surface area contributed by atoms with Crippen molar-refractivity contribution in [3.8, 4) is 5.75 Å². The second-order valence-electron chi connectivity index (χ2n) is 5.42. The summed E-state index contributed by atoms with van der Waals surface area (Å²) in [6.45, 7) is 0. The molecule has 0 radical (unpaired) electrons. The van der Waals surface area contributed by atoms with Gasteiger partial charge in [0, 0.05) is 11.8 Å². The fourth-order valence-corrected chi connectivity index (χ4v) is 2.99.